The molecule has 1 aliphatic rings. The topological polar surface area (TPSA) is 133 Å². The van der Waals surface area contributed by atoms with Crippen molar-refractivity contribution in [3.8, 4) is 17.3 Å². The van der Waals surface area contributed by atoms with Crippen molar-refractivity contribution in [1.82, 2.24) is 25.0 Å². The third kappa shape index (κ3) is 4.94. The molecule has 1 aliphatic heterocycles. The Balaban J connectivity index is 1.56. The number of pyridine rings is 2. The van der Waals surface area contributed by atoms with Crippen LogP contribution < -0.4 is 15.4 Å². The Labute approximate surface area is 198 Å². The summed E-state index contributed by atoms with van der Waals surface area (Å²) in [6.45, 7) is 1.44. The molecule has 16 heteroatoms. The number of alkyl halides is 3. The lowest BCUT2D eigenvalue weighted by atomic mass is 10.2. The number of aromatic nitrogens is 5. The summed E-state index contributed by atoms with van der Waals surface area (Å²) in [6, 6.07) is 3.66. The maximum Gasteiger partial charge on any atom is 0.434 e. The number of hydrogen-bond acceptors (Lipinski definition) is 8. The molecule has 184 valence electrons. The van der Waals surface area contributed by atoms with Gasteiger partial charge in [0.2, 0.25) is 5.88 Å². The fourth-order valence-electron chi connectivity index (χ4n) is 3.08. The van der Waals surface area contributed by atoms with E-state index in [1.807, 2.05) is 0 Å². The molecule has 3 aromatic rings. The van der Waals surface area contributed by atoms with Gasteiger partial charge in [0.1, 0.15) is 22.8 Å². The third-order valence-corrected chi connectivity index (χ3v) is 5.04. The van der Waals surface area contributed by atoms with Gasteiger partial charge in [-0.2, -0.15) is 13.2 Å². The highest BCUT2D eigenvalue weighted by atomic mass is 35.5. The fourth-order valence-corrected chi connectivity index (χ4v) is 3.34. The highest BCUT2D eigenvalue weighted by Crippen LogP contribution is 2.36. The molecule has 0 aromatic carbocycles. The average molecular weight is 516 g/mol. The predicted octanol–water partition coefficient (Wildman–Crippen LogP) is 3.64. The minimum Gasteiger partial charge on any atom is -0.453 e. The molecule has 2 amide bonds. The lowest BCUT2D eigenvalue weighted by molar-refractivity contribution is -0.197. The van der Waals surface area contributed by atoms with E-state index >= 15 is 0 Å². The standard InChI is InChI=1S/C19H14ClF4N7O4/c1-7(9-5-8(21)6-25-14(9)20)34-18(33)28-15-12(29-30-31(15)2)10-3-4-11-17(27-10)35-13(16(32)26-11)19(22,23)24/h3-7,13H,1-2H3,(H,26,32)(H,28,33)/t7-,13?/m1/s1. The SMILES string of the molecule is C[C@@H](OC(=O)Nc1c(-c2ccc3c(n2)OC(C(F)(F)F)C(=O)N3)nnn1C)c1cc(F)cnc1Cl. The molecule has 35 heavy (non-hydrogen) atoms. The highest BCUT2D eigenvalue weighted by Gasteiger charge is 2.50. The average Bonchev–Trinajstić information content (AvgIpc) is 3.13. The van der Waals surface area contributed by atoms with Crippen molar-refractivity contribution < 1.29 is 36.6 Å². The number of hydrogen-bond donors (Lipinski definition) is 2. The van der Waals surface area contributed by atoms with E-state index < -0.39 is 42.1 Å². The lowest BCUT2D eigenvalue weighted by Gasteiger charge is -2.26. The van der Waals surface area contributed by atoms with Crippen LogP contribution in [0, 0.1) is 5.82 Å². The number of nitrogens with one attached hydrogen (secondary N) is 2. The second-order valence-corrected chi connectivity index (χ2v) is 7.55. The summed E-state index contributed by atoms with van der Waals surface area (Å²) >= 11 is 5.92. The summed E-state index contributed by atoms with van der Waals surface area (Å²) < 4.78 is 63.8. The van der Waals surface area contributed by atoms with Gasteiger partial charge in [0, 0.05) is 12.6 Å². The predicted molar refractivity (Wildman–Crippen MR) is 111 cm³/mol. The molecule has 11 nitrogen and oxygen atoms in total. The van der Waals surface area contributed by atoms with Crippen molar-refractivity contribution in [3.05, 3.63) is 40.9 Å². The van der Waals surface area contributed by atoms with Gasteiger partial charge in [-0.05, 0) is 25.1 Å². The molecule has 3 aromatic heterocycles. The molecule has 4 heterocycles. The smallest absolute Gasteiger partial charge is 0.434 e. The number of ether oxygens (including phenoxy) is 2. The quantitative estimate of drug-likeness (QED) is 0.397. The Bertz CT molecular complexity index is 1320. The van der Waals surface area contributed by atoms with Crippen molar-refractivity contribution in [1.29, 1.82) is 0 Å². The van der Waals surface area contributed by atoms with E-state index in [1.165, 1.54) is 26.1 Å². The van der Waals surface area contributed by atoms with Gasteiger partial charge in [0.05, 0.1) is 11.9 Å². The van der Waals surface area contributed by atoms with Gasteiger partial charge in [0.15, 0.2) is 11.5 Å². The number of anilines is 2. The second-order valence-electron chi connectivity index (χ2n) is 7.19. The maximum absolute atomic E-state index is 13.5. The van der Waals surface area contributed by atoms with Gasteiger partial charge < -0.3 is 14.8 Å². The zero-order valence-corrected chi connectivity index (χ0v) is 18.5. The minimum atomic E-state index is -4.96. The number of carbonyl (C=O) groups excluding carboxylic acids is 2. The van der Waals surface area contributed by atoms with Crippen molar-refractivity contribution in [3.63, 3.8) is 0 Å². The minimum absolute atomic E-state index is 0.0188. The largest absolute Gasteiger partial charge is 0.453 e. The number of fused-ring (bicyclic) bond motifs is 1. The molecule has 4 rings (SSSR count). The first-order valence-electron chi connectivity index (χ1n) is 9.68. The molecule has 0 saturated heterocycles. The molecular formula is C19H14ClF4N7O4. The van der Waals surface area contributed by atoms with Crippen LogP contribution in [-0.2, 0) is 16.6 Å². The Morgan fingerprint density at radius 1 is 1.37 bits per heavy atom. The summed E-state index contributed by atoms with van der Waals surface area (Å²) in [5.74, 6) is -2.58. The first-order valence-corrected chi connectivity index (χ1v) is 10.1. The van der Waals surface area contributed by atoms with Gasteiger partial charge in [-0.1, -0.05) is 16.8 Å². The number of aryl methyl sites for hydroxylation is 1. The molecule has 0 aliphatic carbocycles. The van der Waals surface area contributed by atoms with Crippen LogP contribution in [0.1, 0.15) is 18.6 Å². The summed E-state index contributed by atoms with van der Waals surface area (Å²) in [5.41, 5.74) is -0.00420. The maximum atomic E-state index is 13.5. The summed E-state index contributed by atoms with van der Waals surface area (Å²) in [7, 11) is 1.43. The number of halogens is 5. The zero-order valence-electron chi connectivity index (χ0n) is 17.7. The molecule has 0 fully saturated rings. The van der Waals surface area contributed by atoms with Gasteiger partial charge in [-0.3, -0.25) is 10.1 Å². The molecule has 2 atom stereocenters. The fraction of sp³-hybridized carbons (Fsp3) is 0.263. The number of rotatable bonds is 4. The summed E-state index contributed by atoms with van der Waals surface area (Å²) in [5, 5.41) is 12.1. The van der Waals surface area contributed by atoms with E-state index in [0.717, 1.165) is 16.9 Å². The molecular weight excluding hydrogens is 502 g/mol. The Hall–Kier alpha value is -4.01. The normalized spacial score (nSPS) is 16.1. The molecule has 0 radical (unpaired) electrons. The van der Waals surface area contributed by atoms with Crippen molar-refractivity contribution in [2.45, 2.75) is 25.3 Å². The second kappa shape index (κ2) is 8.98. The van der Waals surface area contributed by atoms with Gasteiger partial charge in [-0.15, -0.1) is 5.10 Å². The van der Waals surface area contributed by atoms with Crippen molar-refractivity contribution in [2.24, 2.45) is 7.05 Å². The Morgan fingerprint density at radius 2 is 2.11 bits per heavy atom. The number of amides is 2. The van der Waals surface area contributed by atoms with Crippen LogP contribution in [0.3, 0.4) is 0 Å². The molecule has 0 bridgehead atoms. The monoisotopic (exact) mass is 515 g/mol. The van der Waals surface area contributed by atoms with Crippen LogP contribution >= 0.6 is 11.6 Å². The van der Waals surface area contributed by atoms with Crippen molar-refractivity contribution in [2.75, 3.05) is 10.6 Å². The first-order chi connectivity index (χ1) is 16.4. The molecule has 0 saturated carbocycles. The zero-order chi connectivity index (χ0) is 25.5. The lowest BCUT2D eigenvalue weighted by Crippen LogP contribution is -2.47. The van der Waals surface area contributed by atoms with Crippen LogP contribution in [0.15, 0.2) is 24.4 Å². The van der Waals surface area contributed by atoms with Gasteiger partial charge >= 0.3 is 12.3 Å². The van der Waals surface area contributed by atoms with Crippen LogP contribution in [0.4, 0.5) is 33.9 Å². The molecule has 0 spiro atoms. The van der Waals surface area contributed by atoms with E-state index in [1.54, 1.807) is 0 Å². The first kappa shape index (κ1) is 24.1. The van der Waals surface area contributed by atoms with Crippen LogP contribution in [0.25, 0.3) is 11.4 Å². The Kier molecular flexibility index (Phi) is 6.19. The van der Waals surface area contributed by atoms with Crippen LogP contribution in [0.5, 0.6) is 5.88 Å². The number of nitrogens with zero attached hydrogens (tertiary/aromatic N) is 5. The van der Waals surface area contributed by atoms with Gasteiger partial charge in [0.25, 0.3) is 12.0 Å². The van der Waals surface area contributed by atoms with Crippen LogP contribution in [-0.4, -0.2) is 49.2 Å². The van der Waals surface area contributed by atoms with Gasteiger partial charge in [-0.25, -0.2) is 23.8 Å². The Morgan fingerprint density at radius 3 is 2.83 bits per heavy atom. The van der Waals surface area contributed by atoms with E-state index in [4.69, 9.17) is 21.1 Å². The third-order valence-electron chi connectivity index (χ3n) is 4.73. The number of carbonyl (C=O) groups is 2. The van der Waals surface area contributed by atoms with E-state index in [2.05, 4.69) is 30.9 Å². The van der Waals surface area contributed by atoms with Crippen molar-refractivity contribution >= 4 is 35.1 Å². The van der Waals surface area contributed by atoms with E-state index in [9.17, 15) is 27.2 Å². The molecule has 2 N–H and O–H groups in total. The molecule has 1 unspecified atom stereocenters. The summed E-state index contributed by atoms with van der Waals surface area (Å²) in [6.07, 6.45) is -8.78. The summed E-state index contributed by atoms with van der Waals surface area (Å²) in [4.78, 5) is 31.8. The highest BCUT2D eigenvalue weighted by molar-refractivity contribution is 6.30. The van der Waals surface area contributed by atoms with Crippen LogP contribution in [0.2, 0.25) is 5.15 Å². The van der Waals surface area contributed by atoms with E-state index in [0.29, 0.717) is 0 Å². The van der Waals surface area contributed by atoms with E-state index in [-0.39, 0.29) is 33.6 Å².